The lowest BCUT2D eigenvalue weighted by atomic mass is 10.1. The van der Waals surface area contributed by atoms with Crippen LogP contribution < -0.4 is 5.32 Å². The molecular formula is C11H20N2O5. The molecule has 0 spiro atoms. The van der Waals surface area contributed by atoms with E-state index in [9.17, 15) is 14.4 Å². The van der Waals surface area contributed by atoms with Crippen LogP contribution in [0, 0.1) is 0 Å². The van der Waals surface area contributed by atoms with Gasteiger partial charge in [-0.3, -0.25) is 4.79 Å². The van der Waals surface area contributed by atoms with Gasteiger partial charge in [-0.05, 0) is 26.7 Å². The third-order valence-corrected chi connectivity index (χ3v) is 2.53. The third kappa shape index (κ3) is 6.07. The smallest absolute Gasteiger partial charge is 0.326 e. The van der Waals surface area contributed by atoms with Gasteiger partial charge in [0.1, 0.15) is 6.04 Å². The van der Waals surface area contributed by atoms with Crippen molar-refractivity contribution in [3.63, 3.8) is 0 Å². The van der Waals surface area contributed by atoms with Crippen LogP contribution in [0.15, 0.2) is 0 Å². The third-order valence-electron chi connectivity index (χ3n) is 2.53. The summed E-state index contributed by atoms with van der Waals surface area (Å²) < 4.78 is 0. The Balaban J connectivity index is 4.30. The van der Waals surface area contributed by atoms with Crippen LogP contribution in [0.4, 0.5) is 4.79 Å². The maximum absolute atomic E-state index is 11.7. The topological polar surface area (TPSA) is 107 Å². The van der Waals surface area contributed by atoms with Crippen LogP contribution in [0.2, 0.25) is 0 Å². The fraction of sp³-hybridized carbons (Fsp3) is 0.727. The standard InChI is InChI=1S/C11H20N2O5/c1-3-13(4-2)11(18)12-8(10(16)17)6-5-7-9(14)15/h8H,3-7H2,1-2H3,(H,12,18)(H,14,15)(H,16,17). The van der Waals surface area contributed by atoms with Crippen LogP contribution >= 0.6 is 0 Å². The molecule has 0 bridgehead atoms. The second kappa shape index (κ2) is 8.32. The van der Waals surface area contributed by atoms with Crippen LogP contribution in [-0.4, -0.2) is 52.2 Å². The lowest BCUT2D eigenvalue weighted by Crippen LogP contribution is -2.47. The van der Waals surface area contributed by atoms with Gasteiger partial charge in [0, 0.05) is 19.5 Å². The Morgan fingerprint density at radius 1 is 1.17 bits per heavy atom. The van der Waals surface area contributed by atoms with Gasteiger partial charge in [0.2, 0.25) is 0 Å². The molecule has 18 heavy (non-hydrogen) atoms. The van der Waals surface area contributed by atoms with Crippen molar-refractivity contribution in [2.75, 3.05) is 13.1 Å². The number of amides is 2. The van der Waals surface area contributed by atoms with Crippen molar-refractivity contribution in [3.05, 3.63) is 0 Å². The van der Waals surface area contributed by atoms with Gasteiger partial charge in [-0.15, -0.1) is 0 Å². The highest BCUT2D eigenvalue weighted by atomic mass is 16.4. The Labute approximate surface area is 106 Å². The van der Waals surface area contributed by atoms with E-state index in [0.29, 0.717) is 13.1 Å². The summed E-state index contributed by atoms with van der Waals surface area (Å²) in [5, 5.41) is 19.8. The average Bonchev–Trinajstić information content (AvgIpc) is 2.28. The molecule has 0 aliphatic rings. The minimum atomic E-state index is -1.15. The fourth-order valence-corrected chi connectivity index (χ4v) is 1.47. The van der Waals surface area contributed by atoms with E-state index >= 15 is 0 Å². The van der Waals surface area contributed by atoms with Gasteiger partial charge in [0.25, 0.3) is 0 Å². The van der Waals surface area contributed by atoms with E-state index in [2.05, 4.69) is 5.32 Å². The summed E-state index contributed by atoms with van der Waals surface area (Å²) in [6.45, 7) is 4.57. The van der Waals surface area contributed by atoms with E-state index in [1.807, 2.05) is 0 Å². The van der Waals surface area contributed by atoms with Crippen LogP contribution in [-0.2, 0) is 9.59 Å². The number of carboxylic acids is 2. The van der Waals surface area contributed by atoms with E-state index < -0.39 is 24.0 Å². The van der Waals surface area contributed by atoms with Crippen molar-refractivity contribution < 1.29 is 24.6 Å². The molecule has 0 saturated carbocycles. The Hall–Kier alpha value is -1.79. The number of hydrogen-bond acceptors (Lipinski definition) is 3. The zero-order chi connectivity index (χ0) is 14.1. The van der Waals surface area contributed by atoms with E-state index in [4.69, 9.17) is 10.2 Å². The maximum atomic E-state index is 11.7. The molecule has 7 nitrogen and oxygen atoms in total. The fourth-order valence-electron chi connectivity index (χ4n) is 1.47. The summed E-state index contributed by atoms with van der Waals surface area (Å²) >= 11 is 0. The molecule has 2 amide bonds. The molecule has 0 aliphatic carbocycles. The van der Waals surface area contributed by atoms with Crippen molar-refractivity contribution in [2.24, 2.45) is 0 Å². The molecule has 0 aromatic carbocycles. The first-order chi connectivity index (χ1) is 8.42. The summed E-state index contributed by atoms with van der Waals surface area (Å²) in [6.07, 6.45) is 0.213. The van der Waals surface area contributed by atoms with E-state index in [1.165, 1.54) is 4.90 Å². The van der Waals surface area contributed by atoms with E-state index in [-0.39, 0.29) is 19.3 Å². The first kappa shape index (κ1) is 16.2. The Morgan fingerprint density at radius 2 is 1.72 bits per heavy atom. The number of nitrogens with one attached hydrogen (secondary N) is 1. The molecule has 0 aliphatic heterocycles. The van der Waals surface area contributed by atoms with Crippen LogP contribution in [0.5, 0.6) is 0 Å². The number of rotatable bonds is 8. The van der Waals surface area contributed by atoms with Gasteiger partial charge in [-0.1, -0.05) is 0 Å². The molecular weight excluding hydrogens is 240 g/mol. The molecule has 0 fully saturated rings. The van der Waals surface area contributed by atoms with Crippen molar-refractivity contribution in [2.45, 2.75) is 39.2 Å². The van der Waals surface area contributed by atoms with Gasteiger partial charge in [0.05, 0.1) is 0 Å². The van der Waals surface area contributed by atoms with E-state index in [1.54, 1.807) is 13.8 Å². The Bertz CT molecular complexity index is 302. The second-order valence-corrected chi connectivity index (χ2v) is 3.80. The number of carboxylic acid groups (broad SMARTS) is 2. The molecule has 3 N–H and O–H groups in total. The number of nitrogens with zero attached hydrogens (tertiary/aromatic N) is 1. The summed E-state index contributed by atoms with van der Waals surface area (Å²) in [6, 6.07) is -1.49. The SMILES string of the molecule is CCN(CC)C(=O)NC(CCCC(=O)O)C(=O)O. The molecule has 0 heterocycles. The first-order valence-electron chi connectivity index (χ1n) is 5.92. The molecule has 1 atom stereocenters. The van der Waals surface area contributed by atoms with Crippen LogP contribution in [0.25, 0.3) is 0 Å². The number of carbonyl (C=O) groups excluding carboxylic acids is 1. The summed E-state index contributed by atoms with van der Waals surface area (Å²) in [5.41, 5.74) is 0. The van der Waals surface area contributed by atoms with Crippen molar-refractivity contribution in [1.82, 2.24) is 10.2 Å². The monoisotopic (exact) mass is 260 g/mol. The minimum Gasteiger partial charge on any atom is -0.481 e. The lowest BCUT2D eigenvalue weighted by Gasteiger charge is -2.22. The van der Waals surface area contributed by atoms with Gasteiger partial charge in [-0.25, -0.2) is 9.59 Å². The quantitative estimate of drug-likeness (QED) is 0.597. The summed E-state index contributed by atoms with van der Waals surface area (Å²) in [5.74, 6) is -2.13. The molecule has 0 rings (SSSR count). The average molecular weight is 260 g/mol. The highest BCUT2D eigenvalue weighted by Gasteiger charge is 2.21. The molecule has 0 aromatic rings. The summed E-state index contributed by atoms with van der Waals surface area (Å²) in [7, 11) is 0. The molecule has 0 saturated heterocycles. The minimum absolute atomic E-state index is 0.106. The van der Waals surface area contributed by atoms with Gasteiger partial charge in [0.15, 0.2) is 0 Å². The van der Waals surface area contributed by atoms with Gasteiger partial charge < -0.3 is 20.4 Å². The number of aliphatic carboxylic acids is 2. The Morgan fingerprint density at radius 3 is 2.11 bits per heavy atom. The largest absolute Gasteiger partial charge is 0.481 e. The zero-order valence-electron chi connectivity index (χ0n) is 10.7. The zero-order valence-corrected chi connectivity index (χ0v) is 10.7. The van der Waals surface area contributed by atoms with E-state index in [0.717, 1.165) is 0 Å². The highest BCUT2D eigenvalue weighted by Crippen LogP contribution is 2.03. The van der Waals surface area contributed by atoms with Crippen molar-refractivity contribution >= 4 is 18.0 Å². The number of hydrogen-bond donors (Lipinski definition) is 3. The van der Waals surface area contributed by atoms with Crippen LogP contribution in [0.1, 0.15) is 33.1 Å². The van der Waals surface area contributed by atoms with Gasteiger partial charge in [-0.2, -0.15) is 0 Å². The number of urea groups is 1. The first-order valence-corrected chi connectivity index (χ1v) is 5.92. The number of carbonyl (C=O) groups is 3. The molecule has 0 aromatic heterocycles. The molecule has 1 unspecified atom stereocenters. The predicted molar refractivity (Wildman–Crippen MR) is 64.4 cm³/mol. The van der Waals surface area contributed by atoms with Crippen LogP contribution in [0.3, 0.4) is 0 Å². The molecule has 104 valence electrons. The Kier molecular flexibility index (Phi) is 7.50. The van der Waals surface area contributed by atoms with Crippen molar-refractivity contribution in [3.8, 4) is 0 Å². The maximum Gasteiger partial charge on any atom is 0.326 e. The highest BCUT2D eigenvalue weighted by molar-refractivity contribution is 5.82. The second-order valence-electron chi connectivity index (χ2n) is 3.80. The predicted octanol–water partition coefficient (Wildman–Crippen LogP) is 0.746. The molecule has 7 heteroatoms. The normalized spacial score (nSPS) is 11.7. The molecule has 0 radical (unpaired) electrons. The van der Waals surface area contributed by atoms with Crippen molar-refractivity contribution in [1.29, 1.82) is 0 Å². The summed E-state index contributed by atoms with van der Waals surface area (Å²) in [4.78, 5) is 34.4. The van der Waals surface area contributed by atoms with Gasteiger partial charge >= 0.3 is 18.0 Å². The lowest BCUT2D eigenvalue weighted by molar-refractivity contribution is -0.140.